The van der Waals surface area contributed by atoms with Crippen molar-refractivity contribution >= 4 is 54.2 Å². The van der Waals surface area contributed by atoms with Crippen LogP contribution < -0.4 is 0 Å². The van der Waals surface area contributed by atoms with Gasteiger partial charge in [0.15, 0.2) is 0 Å². The van der Waals surface area contributed by atoms with Crippen LogP contribution in [0.4, 0.5) is 0 Å². The molecule has 6 rings (SSSR count). The molecule has 156 valence electrons. The molecule has 2 unspecified atom stereocenters. The Balaban J connectivity index is 1.62. The highest BCUT2D eigenvalue weighted by atomic mass is 32.1. The average Bonchev–Trinajstić information content (AvgIpc) is 3.54. The number of thiophene rings is 3. The zero-order valence-corrected chi connectivity index (χ0v) is 20.4. The van der Waals surface area contributed by atoms with Gasteiger partial charge in [-0.25, -0.2) is 0 Å². The Morgan fingerprint density at radius 2 is 1.52 bits per heavy atom. The molecule has 0 saturated carbocycles. The molecule has 0 N–H and O–H groups in total. The molecule has 0 bridgehead atoms. The topological polar surface area (TPSA) is 0 Å². The minimum Gasteiger partial charge on any atom is -0.143 e. The van der Waals surface area contributed by atoms with E-state index in [0.29, 0.717) is 0 Å². The molecule has 5 aromatic rings. The number of rotatable bonds is 5. The number of hydrogen-bond acceptors (Lipinski definition) is 3. The Morgan fingerprint density at radius 3 is 2.23 bits per heavy atom. The van der Waals surface area contributed by atoms with Crippen LogP contribution in [0.2, 0.25) is 0 Å². The van der Waals surface area contributed by atoms with Gasteiger partial charge in [0, 0.05) is 52.0 Å². The van der Waals surface area contributed by atoms with Gasteiger partial charge in [0.2, 0.25) is 0 Å². The molecule has 0 amide bonds. The van der Waals surface area contributed by atoms with E-state index in [4.69, 9.17) is 0 Å². The van der Waals surface area contributed by atoms with E-state index in [2.05, 4.69) is 84.5 Å². The van der Waals surface area contributed by atoms with Crippen molar-refractivity contribution in [3.8, 4) is 21.6 Å². The third-order valence-electron chi connectivity index (χ3n) is 6.93. The van der Waals surface area contributed by atoms with Crippen LogP contribution in [-0.4, -0.2) is 0 Å². The van der Waals surface area contributed by atoms with E-state index in [9.17, 15) is 0 Å². The lowest BCUT2D eigenvalue weighted by atomic mass is 9.92. The predicted molar refractivity (Wildman–Crippen MR) is 141 cm³/mol. The Bertz CT molecular complexity index is 1380. The predicted octanol–water partition coefficient (Wildman–Crippen LogP) is 9.98. The number of hydrogen-bond donors (Lipinski definition) is 0. The molecule has 0 nitrogen and oxygen atoms in total. The van der Waals surface area contributed by atoms with Gasteiger partial charge in [-0.2, -0.15) is 0 Å². The second-order valence-electron chi connectivity index (χ2n) is 8.87. The normalized spacial score (nSPS) is 18.3. The molecule has 3 heterocycles. The molecular formula is C28H26S3. The van der Waals surface area contributed by atoms with E-state index in [1.807, 2.05) is 22.7 Å². The maximum atomic E-state index is 2.47. The van der Waals surface area contributed by atoms with Crippen molar-refractivity contribution < 1.29 is 0 Å². The third kappa shape index (κ3) is 3.13. The van der Waals surface area contributed by atoms with Crippen molar-refractivity contribution in [3.05, 3.63) is 69.7 Å². The van der Waals surface area contributed by atoms with Crippen LogP contribution in [0.3, 0.4) is 0 Å². The first-order chi connectivity index (χ1) is 15.3. The van der Waals surface area contributed by atoms with Crippen molar-refractivity contribution in [3.63, 3.8) is 0 Å². The lowest BCUT2D eigenvalue weighted by Crippen LogP contribution is -2.03. The molecule has 3 heteroatoms. The second-order valence-corrected chi connectivity index (χ2v) is 11.7. The summed E-state index contributed by atoms with van der Waals surface area (Å²) >= 11 is 5.88. The van der Waals surface area contributed by atoms with Crippen LogP contribution >= 0.6 is 34.0 Å². The Hall–Kier alpha value is -1.94. The van der Waals surface area contributed by atoms with Gasteiger partial charge in [0.1, 0.15) is 0 Å². The first-order valence-corrected chi connectivity index (χ1v) is 13.9. The molecule has 0 radical (unpaired) electrons. The number of benzene rings is 2. The van der Waals surface area contributed by atoms with Crippen LogP contribution in [-0.2, 0) is 6.42 Å². The first-order valence-electron chi connectivity index (χ1n) is 11.3. The fraction of sp³-hybridized carbons (Fsp3) is 0.286. The van der Waals surface area contributed by atoms with E-state index >= 15 is 0 Å². The van der Waals surface area contributed by atoms with Gasteiger partial charge in [0.25, 0.3) is 0 Å². The summed E-state index contributed by atoms with van der Waals surface area (Å²) in [5.41, 5.74) is 6.07. The first kappa shape index (κ1) is 19.7. The summed E-state index contributed by atoms with van der Waals surface area (Å²) in [6.45, 7) is 4.79. The summed E-state index contributed by atoms with van der Waals surface area (Å²) in [5.74, 6) is 1.48. The summed E-state index contributed by atoms with van der Waals surface area (Å²) in [7, 11) is 0. The van der Waals surface area contributed by atoms with E-state index in [1.165, 1.54) is 67.4 Å². The zero-order chi connectivity index (χ0) is 20.9. The second kappa shape index (κ2) is 7.88. The molecule has 0 spiro atoms. The van der Waals surface area contributed by atoms with Crippen LogP contribution in [0.15, 0.2) is 59.3 Å². The Morgan fingerprint density at radius 1 is 0.871 bits per heavy atom. The molecule has 0 saturated heterocycles. The van der Waals surface area contributed by atoms with Crippen molar-refractivity contribution in [2.24, 2.45) is 5.92 Å². The highest BCUT2D eigenvalue weighted by Crippen LogP contribution is 2.56. The molecular weight excluding hydrogens is 433 g/mol. The third-order valence-corrected chi connectivity index (χ3v) is 10.3. The molecule has 2 aromatic carbocycles. The molecule has 1 aliphatic rings. The Kier molecular flexibility index (Phi) is 5.01. The van der Waals surface area contributed by atoms with Crippen LogP contribution in [0.1, 0.15) is 49.5 Å². The summed E-state index contributed by atoms with van der Waals surface area (Å²) in [4.78, 5) is 3.18. The highest BCUT2D eigenvalue weighted by molar-refractivity contribution is 7.20. The fourth-order valence-corrected chi connectivity index (χ4v) is 8.97. The number of unbranched alkanes of at least 4 members (excludes halogenated alkanes) is 1. The quantitative estimate of drug-likeness (QED) is 0.246. The minimum absolute atomic E-state index is 0.724. The largest absolute Gasteiger partial charge is 0.143 e. The smallest absolute Gasteiger partial charge is 0.0442 e. The van der Waals surface area contributed by atoms with Gasteiger partial charge in [-0.15, -0.1) is 34.0 Å². The van der Waals surface area contributed by atoms with Gasteiger partial charge >= 0.3 is 0 Å². The Labute approximate surface area is 196 Å². The van der Waals surface area contributed by atoms with Crippen LogP contribution in [0.5, 0.6) is 0 Å². The molecule has 0 fully saturated rings. The average molecular weight is 459 g/mol. The monoisotopic (exact) mass is 458 g/mol. The summed E-state index contributed by atoms with van der Waals surface area (Å²) in [6.07, 6.45) is 5.17. The van der Waals surface area contributed by atoms with Crippen LogP contribution in [0.25, 0.3) is 41.7 Å². The highest BCUT2D eigenvalue weighted by Gasteiger charge is 2.36. The van der Waals surface area contributed by atoms with Gasteiger partial charge in [-0.3, -0.25) is 0 Å². The van der Waals surface area contributed by atoms with Gasteiger partial charge in [-0.05, 0) is 47.8 Å². The zero-order valence-electron chi connectivity index (χ0n) is 18.0. The lowest BCUT2D eigenvalue weighted by molar-refractivity contribution is 0.459. The van der Waals surface area contributed by atoms with Crippen molar-refractivity contribution in [2.75, 3.05) is 0 Å². The van der Waals surface area contributed by atoms with E-state index < -0.39 is 0 Å². The van der Waals surface area contributed by atoms with Crippen molar-refractivity contribution in [1.82, 2.24) is 0 Å². The van der Waals surface area contributed by atoms with Gasteiger partial charge < -0.3 is 0 Å². The van der Waals surface area contributed by atoms with Crippen molar-refractivity contribution in [2.45, 2.75) is 45.4 Å². The number of fused-ring (bicyclic) bond motifs is 3. The fourth-order valence-electron chi connectivity index (χ4n) is 5.35. The molecule has 2 atom stereocenters. The molecule has 31 heavy (non-hydrogen) atoms. The molecule has 0 aliphatic heterocycles. The van der Waals surface area contributed by atoms with Gasteiger partial charge in [0.05, 0.1) is 0 Å². The standard InChI is InChI=1S/C28H26S3/c1-3-4-9-18-17(2)14-21-26(22-15-29-24-12-7-5-10-19(22)24)28(31-27(18)21)23-16-30-25-13-8-6-11-20(23)25/h5-8,10-13,15-18H,3-4,9,14H2,1-2H3. The van der Waals surface area contributed by atoms with Gasteiger partial charge in [-0.1, -0.05) is 63.1 Å². The lowest BCUT2D eigenvalue weighted by Gasteiger charge is -2.15. The van der Waals surface area contributed by atoms with Crippen molar-refractivity contribution in [1.29, 1.82) is 0 Å². The molecule has 1 aliphatic carbocycles. The molecule has 3 aromatic heterocycles. The van der Waals surface area contributed by atoms with Crippen LogP contribution in [0, 0.1) is 5.92 Å². The summed E-state index contributed by atoms with van der Waals surface area (Å²) in [6, 6.07) is 17.8. The SMILES string of the molecule is CCCCC1c2sc(-c3csc4ccccc34)c(-c3csc4ccccc34)c2CC1C. The minimum atomic E-state index is 0.724. The summed E-state index contributed by atoms with van der Waals surface area (Å²) in [5, 5.41) is 7.63. The van der Waals surface area contributed by atoms with E-state index in [-0.39, 0.29) is 0 Å². The van der Waals surface area contributed by atoms with E-state index in [1.54, 1.807) is 10.4 Å². The maximum Gasteiger partial charge on any atom is 0.0442 e. The van der Waals surface area contributed by atoms with E-state index in [0.717, 1.165) is 11.8 Å². The maximum absolute atomic E-state index is 2.47. The summed E-state index contributed by atoms with van der Waals surface area (Å²) < 4.78 is 2.79.